The second-order valence-electron chi connectivity index (χ2n) is 5.70. The molecule has 0 aliphatic heterocycles. The molecule has 0 saturated heterocycles. The Kier molecular flexibility index (Phi) is 6.24. The zero-order chi connectivity index (χ0) is 17.5. The van der Waals surface area contributed by atoms with Crippen LogP contribution in [0.25, 0.3) is 0 Å². The minimum atomic E-state index is -0.555. The third kappa shape index (κ3) is 4.51. The number of aryl methyl sites for hydroxylation is 2. The first-order valence-electron chi connectivity index (χ1n) is 8.31. The summed E-state index contributed by atoms with van der Waals surface area (Å²) in [5.41, 5.74) is 2.85. The fourth-order valence-corrected chi connectivity index (χ4v) is 2.47. The van der Waals surface area contributed by atoms with Crippen LogP contribution in [0.5, 0.6) is 11.5 Å². The highest BCUT2D eigenvalue weighted by Crippen LogP contribution is 2.25. The monoisotopic (exact) mass is 327 g/mol. The fraction of sp³-hybridized carbons (Fsp3) is 0.350. The molecule has 1 N–H and O–H groups in total. The standard InChI is InChI=1S/C20H25NO3/c1-5-17(24-18-12-11-14(3)13-15(18)4)20(22)21-16-9-7-8-10-19(16)23-6-2/h7-13,17H,5-6H2,1-4H3,(H,21,22)/t17-/m0/s1. The molecule has 4 nitrogen and oxygen atoms in total. The average molecular weight is 327 g/mol. The van der Waals surface area contributed by atoms with Crippen LogP contribution in [0.1, 0.15) is 31.4 Å². The highest BCUT2D eigenvalue weighted by atomic mass is 16.5. The van der Waals surface area contributed by atoms with E-state index in [1.165, 1.54) is 5.56 Å². The Labute approximate surface area is 143 Å². The van der Waals surface area contributed by atoms with Crippen molar-refractivity contribution in [2.45, 2.75) is 40.2 Å². The number of carbonyl (C=O) groups is 1. The van der Waals surface area contributed by atoms with Crippen molar-refractivity contribution in [3.05, 3.63) is 53.6 Å². The molecule has 0 spiro atoms. The zero-order valence-corrected chi connectivity index (χ0v) is 14.8. The SMILES string of the molecule is CCOc1ccccc1NC(=O)[C@H](CC)Oc1ccc(C)cc1C. The number of ether oxygens (including phenoxy) is 2. The second kappa shape index (κ2) is 8.39. The Bertz CT molecular complexity index is 697. The van der Waals surface area contributed by atoms with Gasteiger partial charge in [-0.05, 0) is 51.0 Å². The van der Waals surface area contributed by atoms with E-state index in [0.717, 1.165) is 11.3 Å². The van der Waals surface area contributed by atoms with Crippen molar-refractivity contribution in [1.82, 2.24) is 0 Å². The molecule has 0 aliphatic rings. The average Bonchev–Trinajstić information content (AvgIpc) is 2.56. The van der Waals surface area contributed by atoms with Gasteiger partial charge < -0.3 is 14.8 Å². The molecule has 1 amide bonds. The molecular weight excluding hydrogens is 302 g/mol. The first kappa shape index (κ1) is 17.9. The van der Waals surface area contributed by atoms with E-state index in [0.29, 0.717) is 24.5 Å². The van der Waals surface area contributed by atoms with Gasteiger partial charge in [0.25, 0.3) is 5.91 Å². The summed E-state index contributed by atoms with van der Waals surface area (Å²) < 4.78 is 11.5. The summed E-state index contributed by atoms with van der Waals surface area (Å²) >= 11 is 0. The lowest BCUT2D eigenvalue weighted by Gasteiger charge is -2.19. The van der Waals surface area contributed by atoms with Gasteiger partial charge in [0.05, 0.1) is 12.3 Å². The van der Waals surface area contributed by atoms with Crippen LogP contribution in [0.3, 0.4) is 0 Å². The third-order valence-corrected chi connectivity index (χ3v) is 3.71. The molecule has 1 atom stereocenters. The van der Waals surface area contributed by atoms with Crippen molar-refractivity contribution in [2.75, 3.05) is 11.9 Å². The number of para-hydroxylation sites is 2. The number of anilines is 1. The predicted octanol–water partition coefficient (Wildman–Crippen LogP) is 4.50. The first-order valence-corrected chi connectivity index (χ1v) is 8.31. The molecule has 0 unspecified atom stereocenters. The number of amides is 1. The summed E-state index contributed by atoms with van der Waals surface area (Å²) in [5.74, 6) is 1.22. The smallest absolute Gasteiger partial charge is 0.265 e. The number of rotatable bonds is 7. The van der Waals surface area contributed by atoms with Crippen molar-refractivity contribution in [3.8, 4) is 11.5 Å². The lowest BCUT2D eigenvalue weighted by Crippen LogP contribution is -2.32. The Hall–Kier alpha value is -2.49. The van der Waals surface area contributed by atoms with Gasteiger partial charge in [-0.3, -0.25) is 4.79 Å². The molecule has 0 radical (unpaired) electrons. The fourth-order valence-electron chi connectivity index (χ4n) is 2.47. The zero-order valence-electron chi connectivity index (χ0n) is 14.8. The van der Waals surface area contributed by atoms with E-state index < -0.39 is 6.10 Å². The highest BCUT2D eigenvalue weighted by molar-refractivity contribution is 5.95. The molecule has 4 heteroatoms. The van der Waals surface area contributed by atoms with E-state index in [4.69, 9.17) is 9.47 Å². The van der Waals surface area contributed by atoms with Gasteiger partial charge in [0.1, 0.15) is 11.5 Å². The molecule has 0 saturated carbocycles. The van der Waals surface area contributed by atoms with Crippen molar-refractivity contribution >= 4 is 11.6 Å². The van der Waals surface area contributed by atoms with E-state index in [2.05, 4.69) is 5.32 Å². The van der Waals surface area contributed by atoms with Crippen molar-refractivity contribution in [1.29, 1.82) is 0 Å². The summed E-state index contributed by atoms with van der Waals surface area (Å²) in [7, 11) is 0. The lowest BCUT2D eigenvalue weighted by atomic mass is 10.1. The van der Waals surface area contributed by atoms with Crippen LogP contribution in [0.15, 0.2) is 42.5 Å². The first-order chi connectivity index (χ1) is 11.5. The normalized spacial score (nSPS) is 11.7. The van der Waals surface area contributed by atoms with Crippen LogP contribution < -0.4 is 14.8 Å². The van der Waals surface area contributed by atoms with Crippen LogP contribution in [0, 0.1) is 13.8 Å². The Morgan fingerprint density at radius 3 is 2.50 bits per heavy atom. The van der Waals surface area contributed by atoms with Crippen LogP contribution in [0.4, 0.5) is 5.69 Å². The van der Waals surface area contributed by atoms with Crippen molar-refractivity contribution in [3.63, 3.8) is 0 Å². The molecule has 0 fully saturated rings. The van der Waals surface area contributed by atoms with Crippen LogP contribution in [-0.2, 0) is 4.79 Å². The Morgan fingerprint density at radius 1 is 1.08 bits per heavy atom. The summed E-state index contributed by atoms with van der Waals surface area (Å²) in [4.78, 5) is 12.6. The maximum Gasteiger partial charge on any atom is 0.265 e. The Balaban J connectivity index is 2.12. The minimum Gasteiger partial charge on any atom is -0.492 e. The number of hydrogen-bond acceptors (Lipinski definition) is 3. The maximum atomic E-state index is 12.6. The van der Waals surface area contributed by atoms with Gasteiger partial charge in [0, 0.05) is 0 Å². The minimum absolute atomic E-state index is 0.176. The molecular formula is C20H25NO3. The predicted molar refractivity (Wildman–Crippen MR) is 96.9 cm³/mol. The van der Waals surface area contributed by atoms with Crippen LogP contribution in [0.2, 0.25) is 0 Å². The topological polar surface area (TPSA) is 47.6 Å². The van der Waals surface area contributed by atoms with E-state index in [1.807, 2.05) is 70.2 Å². The highest BCUT2D eigenvalue weighted by Gasteiger charge is 2.20. The van der Waals surface area contributed by atoms with Gasteiger partial charge in [0.2, 0.25) is 0 Å². The Morgan fingerprint density at radius 2 is 1.83 bits per heavy atom. The molecule has 128 valence electrons. The largest absolute Gasteiger partial charge is 0.492 e. The quantitative estimate of drug-likeness (QED) is 0.814. The van der Waals surface area contributed by atoms with Crippen LogP contribution >= 0.6 is 0 Å². The molecule has 2 aromatic carbocycles. The van der Waals surface area contributed by atoms with Gasteiger partial charge in [0.15, 0.2) is 6.10 Å². The summed E-state index contributed by atoms with van der Waals surface area (Å²) in [6, 6.07) is 13.3. The second-order valence-corrected chi connectivity index (χ2v) is 5.70. The molecule has 0 aromatic heterocycles. The van der Waals surface area contributed by atoms with Gasteiger partial charge in [-0.15, -0.1) is 0 Å². The van der Waals surface area contributed by atoms with E-state index in [1.54, 1.807) is 0 Å². The molecule has 24 heavy (non-hydrogen) atoms. The van der Waals surface area contributed by atoms with Gasteiger partial charge in [-0.2, -0.15) is 0 Å². The van der Waals surface area contributed by atoms with Crippen molar-refractivity contribution in [2.24, 2.45) is 0 Å². The van der Waals surface area contributed by atoms with E-state index in [9.17, 15) is 4.79 Å². The summed E-state index contributed by atoms with van der Waals surface area (Å²) in [5, 5.41) is 2.91. The number of carbonyl (C=O) groups excluding carboxylic acids is 1. The van der Waals surface area contributed by atoms with E-state index >= 15 is 0 Å². The number of benzene rings is 2. The van der Waals surface area contributed by atoms with Crippen LogP contribution in [-0.4, -0.2) is 18.6 Å². The van der Waals surface area contributed by atoms with Gasteiger partial charge >= 0.3 is 0 Å². The van der Waals surface area contributed by atoms with Crippen molar-refractivity contribution < 1.29 is 14.3 Å². The molecule has 2 aromatic rings. The van der Waals surface area contributed by atoms with Gasteiger partial charge in [-0.25, -0.2) is 0 Å². The molecule has 0 bridgehead atoms. The van der Waals surface area contributed by atoms with Gasteiger partial charge in [-0.1, -0.05) is 36.8 Å². The molecule has 0 heterocycles. The summed E-state index contributed by atoms with van der Waals surface area (Å²) in [6.45, 7) is 8.41. The van der Waals surface area contributed by atoms with E-state index in [-0.39, 0.29) is 5.91 Å². The summed E-state index contributed by atoms with van der Waals surface area (Å²) in [6.07, 6.45) is 0.0248. The lowest BCUT2D eigenvalue weighted by molar-refractivity contribution is -0.122. The number of hydrogen-bond donors (Lipinski definition) is 1. The third-order valence-electron chi connectivity index (χ3n) is 3.71. The molecule has 2 rings (SSSR count). The number of nitrogens with one attached hydrogen (secondary N) is 1. The molecule has 0 aliphatic carbocycles. The maximum absolute atomic E-state index is 12.6.